The number of unbranched alkanes of at least 4 members (excludes halogenated alkanes) is 21. The van der Waals surface area contributed by atoms with Crippen LogP contribution in [0.3, 0.4) is 0 Å². The van der Waals surface area contributed by atoms with Crippen molar-refractivity contribution in [1.29, 1.82) is 0 Å². The molecule has 1 aromatic rings. The van der Waals surface area contributed by atoms with Gasteiger partial charge in [0, 0.05) is 6.42 Å². The Labute approximate surface area is 221 Å². The lowest BCUT2D eigenvalue weighted by Crippen LogP contribution is -2.37. The van der Waals surface area contributed by atoms with Gasteiger partial charge in [0.1, 0.15) is 12.4 Å². The molecular weight excluding hydrogens is 424 g/mol. The fourth-order valence-corrected chi connectivity index (χ4v) is 5.44. The Bertz CT molecular complexity index is 547. The maximum Gasteiger partial charge on any atom is 0.256 e. The molecule has 0 bridgehead atoms. The number of hydrogen-bond donors (Lipinski definition) is 0. The van der Waals surface area contributed by atoms with Gasteiger partial charge in [-0.3, -0.25) is 0 Å². The van der Waals surface area contributed by atoms with Crippen LogP contribution in [0.5, 0.6) is 0 Å². The van der Waals surface area contributed by atoms with Crippen LogP contribution in [0.15, 0.2) is 12.4 Å². The second kappa shape index (κ2) is 24.9. The molecule has 1 aromatic heterocycles. The second-order valence-electron chi connectivity index (χ2n) is 11.3. The SMILES string of the molecule is CCCCCCCCCCCc1n(CCCCCCCC)cc[n+]1CCCCCCCCCCC. The van der Waals surface area contributed by atoms with Crippen LogP contribution >= 0.6 is 0 Å². The minimum absolute atomic E-state index is 1.23. The first-order chi connectivity index (χ1) is 17.3. The zero-order chi connectivity index (χ0) is 25.2. The third-order valence-corrected chi connectivity index (χ3v) is 7.85. The van der Waals surface area contributed by atoms with Gasteiger partial charge in [-0.15, -0.1) is 0 Å². The summed E-state index contributed by atoms with van der Waals surface area (Å²) in [6, 6.07) is 0. The summed E-state index contributed by atoms with van der Waals surface area (Å²) in [6.07, 6.45) is 39.9. The fraction of sp³-hybridized carbons (Fsp3) is 0.909. The van der Waals surface area contributed by atoms with Gasteiger partial charge in [0.05, 0.1) is 13.1 Å². The average Bonchev–Trinajstić information content (AvgIpc) is 3.25. The van der Waals surface area contributed by atoms with Gasteiger partial charge >= 0.3 is 0 Å². The summed E-state index contributed by atoms with van der Waals surface area (Å²) in [5.41, 5.74) is 0. The Morgan fingerprint density at radius 2 is 0.886 bits per heavy atom. The van der Waals surface area contributed by atoms with Crippen molar-refractivity contribution in [2.45, 2.75) is 194 Å². The molecule has 0 saturated carbocycles. The van der Waals surface area contributed by atoms with Crippen LogP contribution in [0.4, 0.5) is 0 Å². The molecule has 1 rings (SSSR count). The molecule has 2 heteroatoms. The standard InChI is InChI=1S/C33H65N2/c1-4-7-10-13-16-18-20-22-25-28-33-34(29-26-23-15-12-9-6-3)31-32-35(33)30-27-24-21-19-17-14-11-8-5-2/h31-32H,4-30H2,1-3H3/q+1. The van der Waals surface area contributed by atoms with E-state index >= 15 is 0 Å². The van der Waals surface area contributed by atoms with Crippen molar-refractivity contribution in [3.05, 3.63) is 18.2 Å². The molecule has 2 nitrogen and oxygen atoms in total. The van der Waals surface area contributed by atoms with Crippen LogP contribution in [-0.2, 0) is 19.5 Å². The maximum absolute atomic E-state index is 2.61. The summed E-state index contributed by atoms with van der Waals surface area (Å²) in [4.78, 5) is 0. The molecule has 0 radical (unpaired) electrons. The van der Waals surface area contributed by atoms with Crippen LogP contribution in [0.25, 0.3) is 0 Å². The second-order valence-corrected chi connectivity index (χ2v) is 11.3. The van der Waals surface area contributed by atoms with Crippen molar-refractivity contribution in [3.8, 4) is 0 Å². The molecule has 0 saturated heterocycles. The van der Waals surface area contributed by atoms with E-state index in [9.17, 15) is 0 Å². The predicted molar refractivity (Wildman–Crippen MR) is 156 cm³/mol. The Morgan fingerprint density at radius 1 is 0.486 bits per heavy atom. The highest BCUT2D eigenvalue weighted by Crippen LogP contribution is 2.14. The van der Waals surface area contributed by atoms with Gasteiger partial charge in [0.15, 0.2) is 0 Å². The van der Waals surface area contributed by atoms with Gasteiger partial charge in [-0.1, -0.05) is 143 Å². The monoisotopic (exact) mass is 490 g/mol. The highest BCUT2D eigenvalue weighted by Gasteiger charge is 2.16. The molecule has 206 valence electrons. The third-order valence-electron chi connectivity index (χ3n) is 7.85. The zero-order valence-electron chi connectivity index (χ0n) is 24.6. The summed E-state index contributed by atoms with van der Waals surface area (Å²) in [7, 11) is 0. The molecule has 35 heavy (non-hydrogen) atoms. The quantitative estimate of drug-likeness (QED) is 0.0858. The van der Waals surface area contributed by atoms with E-state index in [2.05, 4.69) is 42.3 Å². The van der Waals surface area contributed by atoms with E-state index in [1.165, 1.54) is 174 Å². The summed E-state index contributed by atoms with van der Waals surface area (Å²) in [5, 5.41) is 0. The van der Waals surface area contributed by atoms with Crippen molar-refractivity contribution >= 4 is 0 Å². The van der Waals surface area contributed by atoms with Gasteiger partial charge in [0.2, 0.25) is 0 Å². The van der Waals surface area contributed by atoms with E-state index in [0.717, 1.165) is 0 Å². The fourth-order valence-electron chi connectivity index (χ4n) is 5.44. The lowest BCUT2D eigenvalue weighted by molar-refractivity contribution is -0.704. The van der Waals surface area contributed by atoms with E-state index in [1.54, 1.807) is 5.82 Å². The topological polar surface area (TPSA) is 8.81 Å². The van der Waals surface area contributed by atoms with Gasteiger partial charge in [-0.2, -0.15) is 0 Å². The third kappa shape index (κ3) is 18.2. The van der Waals surface area contributed by atoms with Gasteiger partial charge in [0.25, 0.3) is 5.82 Å². The summed E-state index contributed by atoms with van der Waals surface area (Å²) >= 11 is 0. The van der Waals surface area contributed by atoms with Crippen LogP contribution in [0, 0.1) is 0 Å². The van der Waals surface area contributed by atoms with Crippen molar-refractivity contribution in [1.82, 2.24) is 4.57 Å². The normalized spacial score (nSPS) is 11.5. The van der Waals surface area contributed by atoms with Crippen molar-refractivity contribution in [3.63, 3.8) is 0 Å². The van der Waals surface area contributed by atoms with Crippen LogP contribution in [-0.4, -0.2) is 4.57 Å². The summed E-state index contributed by atoms with van der Waals surface area (Å²) < 4.78 is 5.22. The molecule has 0 amide bonds. The zero-order valence-corrected chi connectivity index (χ0v) is 24.6. The lowest BCUT2D eigenvalue weighted by Gasteiger charge is -2.07. The lowest BCUT2D eigenvalue weighted by atomic mass is 10.1. The Hall–Kier alpha value is -0.790. The predicted octanol–water partition coefficient (Wildman–Crippen LogP) is 10.7. The van der Waals surface area contributed by atoms with E-state index in [4.69, 9.17) is 0 Å². The Kier molecular flexibility index (Phi) is 22.9. The van der Waals surface area contributed by atoms with Gasteiger partial charge in [-0.05, 0) is 32.1 Å². The van der Waals surface area contributed by atoms with Crippen molar-refractivity contribution < 1.29 is 4.57 Å². The van der Waals surface area contributed by atoms with E-state index < -0.39 is 0 Å². The minimum Gasteiger partial charge on any atom is -0.234 e. The van der Waals surface area contributed by atoms with Crippen LogP contribution < -0.4 is 4.57 Å². The smallest absolute Gasteiger partial charge is 0.234 e. The van der Waals surface area contributed by atoms with E-state index in [-0.39, 0.29) is 0 Å². The molecule has 1 heterocycles. The highest BCUT2D eigenvalue weighted by molar-refractivity contribution is 4.84. The van der Waals surface area contributed by atoms with E-state index in [0.29, 0.717) is 0 Å². The first-order valence-corrected chi connectivity index (χ1v) is 16.4. The number of aromatic nitrogens is 2. The average molecular weight is 490 g/mol. The number of imidazole rings is 1. The molecule has 0 atom stereocenters. The molecule has 0 N–H and O–H groups in total. The Balaban J connectivity index is 2.35. The molecule has 0 fully saturated rings. The first-order valence-electron chi connectivity index (χ1n) is 16.4. The summed E-state index contributed by atoms with van der Waals surface area (Å²) in [6.45, 7) is 9.38. The van der Waals surface area contributed by atoms with Gasteiger partial charge < -0.3 is 0 Å². The number of nitrogens with zero attached hydrogens (tertiary/aromatic N) is 2. The van der Waals surface area contributed by atoms with Crippen molar-refractivity contribution in [2.24, 2.45) is 0 Å². The largest absolute Gasteiger partial charge is 0.256 e. The van der Waals surface area contributed by atoms with Crippen LogP contribution in [0.1, 0.15) is 181 Å². The molecule has 0 aromatic carbocycles. The van der Waals surface area contributed by atoms with Gasteiger partial charge in [-0.25, -0.2) is 9.13 Å². The molecule has 0 spiro atoms. The molecule has 0 aliphatic rings. The minimum atomic E-state index is 1.23. The molecular formula is C33H65N2+. The Morgan fingerprint density at radius 3 is 1.37 bits per heavy atom. The molecule has 0 aliphatic carbocycles. The number of aryl methyl sites for hydroxylation is 2. The highest BCUT2D eigenvalue weighted by atomic mass is 15.1. The number of rotatable bonds is 27. The molecule has 0 unspecified atom stereocenters. The van der Waals surface area contributed by atoms with Crippen LogP contribution in [0.2, 0.25) is 0 Å². The first kappa shape index (κ1) is 32.2. The summed E-state index contributed by atoms with van der Waals surface area (Å²) in [5.74, 6) is 1.61. The van der Waals surface area contributed by atoms with Crippen molar-refractivity contribution in [2.75, 3.05) is 0 Å². The maximum atomic E-state index is 2.61. The van der Waals surface area contributed by atoms with E-state index in [1.807, 2.05) is 0 Å². The molecule has 0 aliphatic heterocycles. The number of hydrogen-bond acceptors (Lipinski definition) is 0.